The number of carbonyl (C=O) groups is 1. The van der Waals surface area contributed by atoms with Gasteiger partial charge >= 0.3 is 0 Å². The molecule has 2 N–H and O–H groups in total. The minimum Gasteiger partial charge on any atom is -0.399 e. The molecule has 0 unspecified atom stereocenters. The fraction of sp³-hybridized carbons (Fsp3) is 0.333. The van der Waals surface area contributed by atoms with Crippen LogP contribution in [0.2, 0.25) is 0 Å². The molecule has 0 atom stereocenters. The molecular formula is C15H19N3OS. The fourth-order valence-corrected chi connectivity index (χ4v) is 2.78. The molecule has 4 nitrogen and oxygen atoms in total. The van der Waals surface area contributed by atoms with Gasteiger partial charge in [-0.15, -0.1) is 11.3 Å². The molecule has 0 bridgehead atoms. The van der Waals surface area contributed by atoms with Gasteiger partial charge in [0.2, 0.25) is 5.91 Å². The summed E-state index contributed by atoms with van der Waals surface area (Å²) in [6.45, 7) is 2.60. The van der Waals surface area contributed by atoms with Gasteiger partial charge in [0, 0.05) is 30.2 Å². The number of hydrogen-bond donors (Lipinski definition) is 1. The highest BCUT2D eigenvalue weighted by Crippen LogP contribution is 2.14. The summed E-state index contributed by atoms with van der Waals surface area (Å²) in [6.07, 6.45) is 3.09. The normalized spacial score (nSPS) is 10.5. The van der Waals surface area contributed by atoms with E-state index < -0.39 is 0 Å². The Labute approximate surface area is 123 Å². The second-order valence-electron chi connectivity index (χ2n) is 4.84. The molecule has 1 heterocycles. The second-order valence-corrected chi connectivity index (χ2v) is 6.16. The second kappa shape index (κ2) is 6.52. The maximum atomic E-state index is 12.1. The predicted octanol–water partition coefficient (Wildman–Crippen LogP) is 2.62. The van der Waals surface area contributed by atoms with Crippen LogP contribution in [0.15, 0.2) is 30.5 Å². The molecule has 5 heteroatoms. The van der Waals surface area contributed by atoms with E-state index in [1.165, 1.54) is 0 Å². The number of anilines is 1. The van der Waals surface area contributed by atoms with E-state index in [-0.39, 0.29) is 5.91 Å². The first-order valence-electron chi connectivity index (χ1n) is 6.54. The first-order chi connectivity index (χ1) is 9.54. The summed E-state index contributed by atoms with van der Waals surface area (Å²) >= 11 is 1.63. The number of carbonyl (C=O) groups excluding carboxylic acids is 1. The highest BCUT2D eigenvalue weighted by molar-refractivity contribution is 7.11. The minimum atomic E-state index is 0.146. The highest BCUT2D eigenvalue weighted by Gasteiger charge is 2.10. The van der Waals surface area contributed by atoms with Crippen molar-refractivity contribution in [3.05, 3.63) is 45.9 Å². The standard InChI is InChI=1S/C15H19N3OS/c1-11-17-9-14(20-11)10-18(2)15(19)8-5-12-3-6-13(16)7-4-12/h3-4,6-7,9H,5,8,10,16H2,1-2H3. The number of nitrogens with zero attached hydrogens (tertiary/aromatic N) is 2. The van der Waals surface area contributed by atoms with Crippen LogP contribution in [-0.2, 0) is 17.8 Å². The number of aryl methyl sites for hydroxylation is 2. The zero-order valence-electron chi connectivity index (χ0n) is 11.8. The monoisotopic (exact) mass is 289 g/mol. The number of nitrogens with two attached hydrogens (primary N) is 1. The molecule has 2 rings (SSSR count). The Bertz CT molecular complexity index is 577. The number of hydrogen-bond acceptors (Lipinski definition) is 4. The highest BCUT2D eigenvalue weighted by atomic mass is 32.1. The van der Waals surface area contributed by atoms with Crippen LogP contribution in [0.5, 0.6) is 0 Å². The van der Waals surface area contributed by atoms with Crippen molar-refractivity contribution >= 4 is 22.9 Å². The van der Waals surface area contributed by atoms with Crippen molar-refractivity contribution in [2.75, 3.05) is 12.8 Å². The third-order valence-corrected chi connectivity index (χ3v) is 3.99. The third kappa shape index (κ3) is 4.06. The van der Waals surface area contributed by atoms with Crippen LogP contribution in [0.1, 0.15) is 21.9 Å². The number of rotatable bonds is 5. The van der Waals surface area contributed by atoms with Crippen LogP contribution in [0.25, 0.3) is 0 Å². The first-order valence-corrected chi connectivity index (χ1v) is 7.36. The van der Waals surface area contributed by atoms with Gasteiger partial charge in [-0.05, 0) is 31.0 Å². The van der Waals surface area contributed by atoms with E-state index in [1.54, 1.807) is 16.2 Å². The summed E-state index contributed by atoms with van der Waals surface area (Å²) in [7, 11) is 1.83. The Balaban J connectivity index is 1.83. The van der Waals surface area contributed by atoms with Crippen LogP contribution < -0.4 is 5.73 Å². The van der Waals surface area contributed by atoms with Crippen LogP contribution in [0.4, 0.5) is 5.69 Å². The maximum Gasteiger partial charge on any atom is 0.222 e. The topological polar surface area (TPSA) is 59.2 Å². The quantitative estimate of drug-likeness (QED) is 0.861. The largest absolute Gasteiger partial charge is 0.399 e. The molecule has 1 aromatic heterocycles. The Morgan fingerprint density at radius 3 is 2.65 bits per heavy atom. The molecule has 1 amide bonds. The lowest BCUT2D eigenvalue weighted by atomic mass is 10.1. The van der Waals surface area contributed by atoms with Crippen molar-refractivity contribution in [3.63, 3.8) is 0 Å². The van der Waals surface area contributed by atoms with Crippen molar-refractivity contribution in [2.45, 2.75) is 26.3 Å². The summed E-state index contributed by atoms with van der Waals surface area (Å²) in [5, 5.41) is 1.03. The van der Waals surface area contributed by atoms with E-state index in [0.29, 0.717) is 13.0 Å². The van der Waals surface area contributed by atoms with Crippen molar-refractivity contribution < 1.29 is 4.79 Å². The molecule has 0 aliphatic carbocycles. The van der Waals surface area contributed by atoms with E-state index in [0.717, 1.165) is 27.6 Å². The van der Waals surface area contributed by atoms with Gasteiger partial charge in [0.1, 0.15) is 0 Å². The van der Waals surface area contributed by atoms with Gasteiger partial charge in [0.25, 0.3) is 0 Å². The van der Waals surface area contributed by atoms with E-state index in [2.05, 4.69) is 4.98 Å². The van der Waals surface area contributed by atoms with E-state index in [1.807, 2.05) is 44.4 Å². The van der Waals surface area contributed by atoms with Gasteiger partial charge in [-0.3, -0.25) is 4.79 Å². The molecule has 0 aliphatic rings. The number of amides is 1. The Kier molecular flexibility index (Phi) is 4.74. The van der Waals surface area contributed by atoms with Gasteiger partial charge in [-0.1, -0.05) is 12.1 Å². The average Bonchev–Trinajstić information content (AvgIpc) is 2.83. The summed E-state index contributed by atoms with van der Waals surface area (Å²) in [6, 6.07) is 7.66. The van der Waals surface area contributed by atoms with Crippen molar-refractivity contribution in [1.29, 1.82) is 0 Å². The molecular weight excluding hydrogens is 270 g/mol. The van der Waals surface area contributed by atoms with E-state index >= 15 is 0 Å². The lowest BCUT2D eigenvalue weighted by Gasteiger charge is -2.16. The molecule has 106 valence electrons. The lowest BCUT2D eigenvalue weighted by molar-refractivity contribution is -0.130. The third-order valence-electron chi connectivity index (χ3n) is 3.10. The molecule has 0 spiro atoms. The minimum absolute atomic E-state index is 0.146. The Morgan fingerprint density at radius 1 is 1.35 bits per heavy atom. The number of benzene rings is 1. The number of aromatic nitrogens is 1. The molecule has 0 saturated carbocycles. The first kappa shape index (κ1) is 14.5. The zero-order chi connectivity index (χ0) is 14.5. The summed E-state index contributed by atoms with van der Waals surface area (Å²) in [5.41, 5.74) is 7.52. The molecule has 0 saturated heterocycles. The molecule has 1 aromatic carbocycles. The predicted molar refractivity (Wildman–Crippen MR) is 82.5 cm³/mol. The maximum absolute atomic E-state index is 12.1. The Morgan fingerprint density at radius 2 is 2.05 bits per heavy atom. The van der Waals surface area contributed by atoms with Gasteiger partial charge < -0.3 is 10.6 Å². The van der Waals surface area contributed by atoms with Crippen molar-refractivity contribution in [1.82, 2.24) is 9.88 Å². The molecule has 0 fully saturated rings. The van der Waals surface area contributed by atoms with Crippen LogP contribution in [0, 0.1) is 6.92 Å². The zero-order valence-corrected chi connectivity index (χ0v) is 12.6. The molecule has 2 aromatic rings. The number of nitrogen functional groups attached to an aromatic ring is 1. The van der Waals surface area contributed by atoms with E-state index in [9.17, 15) is 4.79 Å². The van der Waals surface area contributed by atoms with Gasteiger partial charge in [0.05, 0.1) is 11.6 Å². The summed E-state index contributed by atoms with van der Waals surface area (Å²) < 4.78 is 0. The van der Waals surface area contributed by atoms with Gasteiger partial charge in [-0.25, -0.2) is 4.98 Å². The molecule has 0 radical (unpaired) electrons. The van der Waals surface area contributed by atoms with Gasteiger partial charge in [-0.2, -0.15) is 0 Å². The van der Waals surface area contributed by atoms with Crippen LogP contribution >= 0.6 is 11.3 Å². The Hall–Kier alpha value is -1.88. The van der Waals surface area contributed by atoms with E-state index in [4.69, 9.17) is 5.73 Å². The average molecular weight is 289 g/mol. The SMILES string of the molecule is Cc1ncc(CN(C)C(=O)CCc2ccc(N)cc2)s1. The van der Waals surface area contributed by atoms with Crippen LogP contribution in [0.3, 0.4) is 0 Å². The van der Waals surface area contributed by atoms with Gasteiger partial charge in [0.15, 0.2) is 0 Å². The lowest BCUT2D eigenvalue weighted by Crippen LogP contribution is -2.25. The fourth-order valence-electron chi connectivity index (χ4n) is 1.93. The van der Waals surface area contributed by atoms with Crippen molar-refractivity contribution in [2.24, 2.45) is 0 Å². The van der Waals surface area contributed by atoms with Crippen molar-refractivity contribution in [3.8, 4) is 0 Å². The smallest absolute Gasteiger partial charge is 0.222 e. The van der Waals surface area contributed by atoms with Crippen LogP contribution in [-0.4, -0.2) is 22.8 Å². The molecule has 20 heavy (non-hydrogen) atoms. The molecule has 0 aliphatic heterocycles. The summed E-state index contributed by atoms with van der Waals surface area (Å²) in [5.74, 6) is 0.146. The summed E-state index contributed by atoms with van der Waals surface area (Å²) in [4.78, 5) is 19.2. The number of thiazole rings is 1.